The molecule has 0 aliphatic rings. The van der Waals surface area contributed by atoms with E-state index in [9.17, 15) is 0 Å². The fourth-order valence-electron chi connectivity index (χ4n) is 0. The summed E-state index contributed by atoms with van der Waals surface area (Å²) in [6, 6.07) is 0. The summed E-state index contributed by atoms with van der Waals surface area (Å²) in [6.07, 6.45) is 0. The summed E-state index contributed by atoms with van der Waals surface area (Å²) in [5, 5.41) is 15.2. The van der Waals surface area contributed by atoms with Gasteiger partial charge in [0.25, 0.3) is 0 Å². The Hall–Kier alpha value is 0.790. The van der Waals surface area contributed by atoms with Gasteiger partial charge in [-0.25, -0.2) is 0 Å². The molecule has 10 N–H and O–H groups in total. The van der Waals surface area contributed by atoms with Crippen molar-refractivity contribution >= 4 is 9.19 Å². The van der Waals surface area contributed by atoms with Gasteiger partial charge in [0.2, 0.25) is 0 Å². The van der Waals surface area contributed by atoms with Gasteiger partial charge in [-0.15, -0.1) is 0 Å². The molecule has 8 heteroatoms. The minimum atomic E-state index is -0.125. The second kappa shape index (κ2) is 97.2. The van der Waals surface area contributed by atoms with Gasteiger partial charge >= 0.3 is 29.2 Å². The summed E-state index contributed by atoms with van der Waals surface area (Å²) in [5.74, 6) is 0. The van der Waals surface area contributed by atoms with Crippen LogP contribution in [0.15, 0.2) is 0 Å². The standard InChI is InChI=1S/C2H6O2.Au.ClH.4H2O/c3-1-2-4;;;;;;/h3-4H,1-2H2;;1H;4*1H2/q;+1;;;;;/p-1. The first-order valence-electron chi connectivity index (χ1n) is 1.25. The van der Waals surface area contributed by atoms with E-state index in [0.29, 0.717) is 0 Å². The molecule has 0 heterocycles. The summed E-state index contributed by atoms with van der Waals surface area (Å²) >= 11 is 1.75. The Morgan fingerprint density at radius 2 is 0.900 bits per heavy atom. The van der Waals surface area contributed by atoms with Crippen molar-refractivity contribution in [1.82, 2.24) is 0 Å². The van der Waals surface area contributed by atoms with Crippen molar-refractivity contribution in [3.05, 3.63) is 0 Å². The molecule has 0 aromatic carbocycles. The van der Waals surface area contributed by atoms with Gasteiger partial charge in [-0.05, 0) is 0 Å². The number of hydrogen-bond acceptors (Lipinski definition) is 2. The van der Waals surface area contributed by atoms with Crippen molar-refractivity contribution in [3.63, 3.8) is 0 Å². The Labute approximate surface area is 74.8 Å². The van der Waals surface area contributed by atoms with Gasteiger partial charge in [-0.2, -0.15) is 0 Å². The first-order chi connectivity index (χ1) is 2.91. The van der Waals surface area contributed by atoms with Crippen LogP contribution in [-0.4, -0.2) is 45.3 Å². The fourth-order valence-corrected chi connectivity index (χ4v) is 0. The van der Waals surface area contributed by atoms with Crippen molar-refractivity contribution in [1.29, 1.82) is 0 Å². The Bertz CT molecular complexity index is 17.7. The van der Waals surface area contributed by atoms with Crippen molar-refractivity contribution in [3.8, 4) is 0 Å². The second-order valence-corrected chi connectivity index (χ2v) is 0.447. The van der Waals surface area contributed by atoms with Crippen LogP contribution in [0.4, 0.5) is 0 Å². The molecular formula is C2H14AuClO6. The molecule has 0 aliphatic heterocycles. The monoisotopic (exact) mass is 366 g/mol. The van der Waals surface area contributed by atoms with E-state index in [1.54, 1.807) is 20.0 Å². The van der Waals surface area contributed by atoms with E-state index in [1.165, 1.54) is 0 Å². The molecule has 0 fully saturated rings. The van der Waals surface area contributed by atoms with Gasteiger partial charge in [0.05, 0.1) is 13.2 Å². The summed E-state index contributed by atoms with van der Waals surface area (Å²) in [6.45, 7) is -0.250. The average molecular weight is 367 g/mol. The molecule has 0 rings (SSSR count). The summed E-state index contributed by atoms with van der Waals surface area (Å²) in [7, 11) is 4.58. The van der Waals surface area contributed by atoms with Gasteiger partial charge < -0.3 is 32.1 Å². The molecule has 0 spiro atoms. The van der Waals surface area contributed by atoms with Crippen LogP contribution in [0.1, 0.15) is 0 Å². The van der Waals surface area contributed by atoms with Gasteiger partial charge in [-0.3, -0.25) is 0 Å². The van der Waals surface area contributed by atoms with E-state index < -0.39 is 0 Å². The van der Waals surface area contributed by atoms with Gasteiger partial charge in [-0.1, -0.05) is 0 Å². The van der Waals surface area contributed by atoms with Crippen molar-refractivity contribution in [2.45, 2.75) is 0 Å². The van der Waals surface area contributed by atoms with Crippen LogP contribution >= 0.6 is 9.19 Å². The van der Waals surface area contributed by atoms with Crippen molar-refractivity contribution < 1.29 is 52.1 Å². The van der Waals surface area contributed by atoms with Crippen LogP contribution in [0.3, 0.4) is 0 Å². The number of aliphatic hydroxyl groups excluding tert-OH is 2. The van der Waals surface area contributed by atoms with E-state index in [4.69, 9.17) is 10.2 Å². The number of aliphatic hydroxyl groups is 2. The molecule has 0 bridgehead atoms. The SMILES string of the molecule is O.O.O.O.OCCO.[Cl][Au]. The van der Waals surface area contributed by atoms with E-state index in [2.05, 4.69) is 9.19 Å². The van der Waals surface area contributed by atoms with Gasteiger partial charge in [0, 0.05) is 0 Å². The number of halogens is 1. The van der Waals surface area contributed by atoms with Crippen LogP contribution in [-0.2, 0) is 20.0 Å². The second-order valence-electron chi connectivity index (χ2n) is 0.447. The molecule has 0 saturated heterocycles. The molecule has 0 unspecified atom stereocenters. The van der Waals surface area contributed by atoms with Crippen LogP contribution < -0.4 is 0 Å². The number of hydrogen-bond donors (Lipinski definition) is 2. The zero-order valence-electron chi connectivity index (χ0n) is 4.99. The van der Waals surface area contributed by atoms with Gasteiger partial charge in [0.1, 0.15) is 0 Å². The van der Waals surface area contributed by atoms with E-state index in [0.717, 1.165) is 0 Å². The Morgan fingerprint density at radius 3 is 0.900 bits per heavy atom. The van der Waals surface area contributed by atoms with E-state index >= 15 is 0 Å². The Balaban J connectivity index is -0.00000000625. The molecule has 0 aromatic heterocycles. The first kappa shape index (κ1) is 45.1. The fraction of sp³-hybridized carbons (Fsp3) is 1.00. The van der Waals surface area contributed by atoms with Crippen LogP contribution in [0.5, 0.6) is 0 Å². The molecule has 0 aliphatic carbocycles. The molecule has 0 aromatic rings. The molecule has 0 radical (unpaired) electrons. The third-order valence-electron chi connectivity index (χ3n) is 0.1000. The molecule has 76 valence electrons. The molecule has 0 atom stereocenters. The normalized spacial score (nSPS) is 3.70. The van der Waals surface area contributed by atoms with Crippen LogP contribution in [0.25, 0.3) is 0 Å². The third kappa shape index (κ3) is 166. The zero-order chi connectivity index (χ0) is 5.41. The maximum atomic E-state index is 7.62. The summed E-state index contributed by atoms with van der Waals surface area (Å²) in [4.78, 5) is 0. The maximum absolute atomic E-state index is 7.62. The molecular weight excluding hydrogens is 352 g/mol. The average Bonchev–Trinajstić information content (AvgIpc) is 1.72. The quantitative estimate of drug-likeness (QED) is 0.457. The van der Waals surface area contributed by atoms with Crippen molar-refractivity contribution in [2.24, 2.45) is 0 Å². The summed E-state index contributed by atoms with van der Waals surface area (Å²) in [5.41, 5.74) is 0. The first-order valence-corrected chi connectivity index (χ1v) is 3.93. The predicted molar refractivity (Wildman–Crippen MR) is 34.5 cm³/mol. The summed E-state index contributed by atoms with van der Waals surface area (Å²) < 4.78 is 0. The predicted octanol–water partition coefficient (Wildman–Crippen LogP) is -3.64. The number of rotatable bonds is 1. The van der Waals surface area contributed by atoms with E-state index in [-0.39, 0.29) is 35.1 Å². The molecule has 6 nitrogen and oxygen atoms in total. The third-order valence-corrected chi connectivity index (χ3v) is 0.1000. The van der Waals surface area contributed by atoms with E-state index in [1.807, 2.05) is 0 Å². The van der Waals surface area contributed by atoms with Crippen LogP contribution in [0.2, 0.25) is 0 Å². The Kier molecular flexibility index (Phi) is 438. The zero-order valence-corrected chi connectivity index (χ0v) is 7.91. The topological polar surface area (TPSA) is 166 Å². The minimum absolute atomic E-state index is 0. The molecule has 0 amide bonds. The molecule has 10 heavy (non-hydrogen) atoms. The Morgan fingerprint density at radius 1 is 0.800 bits per heavy atom. The van der Waals surface area contributed by atoms with Gasteiger partial charge in [0.15, 0.2) is 0 Å². The van der Waals surface area contributed by atoms with Crippen LogP contribution in [0, 0.1) is 0 Å². The molecule has 0 saturated carbocycles. The van der Waals surface area contributed by atoms with Crippen molar-refractivity contribution in [2.75, 3.05) is 13.2 Å².